The summed E-state index contributed by atoms with van der Waals surface area (Å²) < 4.78 is 18.5. The molecule has 0 spiro atoms. The van der Waals surface area contributed by atoms with Crippen LogP contribution in [-0.4, -0.2) is 22.6 Å². The number of rotatable bonds is 6. The summed E-state index contributed by atoms with van der Waals surface area (Å²) in [6.45, 7) is 2.28. The van der Waals surface area contributed by atoms with Crippen molar-refractivity contribution in [3.8, 4) is 5.75 Å². The first-order valence-corrected chi connectivity index (χ1v) is 7.70. The molecule has 0 aliphatic rings. The van der Waals surface area contributed by atoms with Crippen LogP contribution < -0.4 is 10.1 Å². The molecule has 1 atom stereocenters. The zero-order valence-corrected chi connectivity index (χ0v) is 13.5. The number of hydrogen-bond acceptors (Lipinski definition) is 5. The van der Waals surface area contributed by atoms with Crippen molar-refractivity contribution in [1.82, 2.24) is 4.98 Å². The van der Waals surface area contributed by atoms with Crippen LogP contribution in [0.3, 0.4) is 0 Å². The number of nitro benzene ring substituents is 1. The number of benzene rings is 2. The fraction of sp³-hybridized carbons (Fsp3) is 0.167. The molecule has 0 amide bonds. The number of halogens is 1. The Morgan fingerprint density at radius 3 is 2.68 bits per heavy atom. The Bertz CT molecular complexity index is 900. The topological polar surface area (TPSA) is 77.3 Å². The van der Waals surface area contributed by atoms with Crippen LogP contribution in [0.1, 0.15) is 6.92 Å². The van der Waals surface area contributed by atoms with Crippen LogP contribution in [0.2, 0.25) is 0 Å². The Kier molecular flexibility index (Phi) is 4.74. The highest BCUT2D eigenvalue weighted by molar-refractivity contribution is 5.99. The van der Waals surface area contributed by atoms with E-state index in [2.05, 4.69) is 10.3 Å². The van der Waals surface area contributed by atoms with E-state index in [-0.39, 0.29) is 17.5 Å². The zero-order valence-electron chi connectivity index (χ0n) is 13.5. The molecule has 2 aromatic carbocycles. The van der Waals surface area contributed by atoms with Crippen LogP contribution in [0.4, 0.5) is 15.8 Å². The fourth-order valence-corrected chi connectivity index (χ4v) is 2.52. The number of fused-ring (bicyclic) bond motifs is 1. The molecule has 3 rings (SSSR count). The predicted octanol–water partition coefficient (Wildman–Crippen LogP) is 4.16. The lowest BCUT2D eigenvalue weighted by Crippen LogP contribution is -2.23. The Hall–Kier alpha value is -3.22. The number of anilines is 1. The summed E-state index contributed by atoms with van der Waals surface area (Å²) in [7, 11) is 0. The summed E-state index contributed by atoms with van der Waals surface area (Å²) in [5.41, 5.74) is 0.780. The highest BCUT2D eigenvalue weighted by Gasteiger charge is 2.15. The summed E-state index contributed by atoms with van der Waals surface area (Å²) in [5, 5.41) is 15.6. The lowest BCUT2D eigenvalue weighted by molar-refractivity contribution is -0.383. The molecule has 128 valence electrons. The number of nitro groups is 1. The van der Waals surface area contributed by atoms with Crippen molar-refractivity contribution in [2.24, 2.45) is 0 Å². The minimum atomic E-state index is -0.422. The average Bonchev–Trinajstić information content (AvgIpc) is 2.61. The first-order valence-electron chi connectivity index (χ1n) is 7.70. The summed E-state index contributed by atoms with van der Waals surface area (Å²) in [4.78, 5) is 14.7. The van der Waals surface area contributed by atoms with E-state index in [4.69, 9.17) is 4.74 Å². The Morgan fingerprint density at radius 1 is 1.20 bits per heavy atom. The molecule has 0 aliphatic carbocycles. The maximum absolute atomic E-state index is 12.9. The van der Waals surface area contributed by atoms with E-state index >= 15 is 0 Å². The van der Waals surface area contributed by atoms with Crippen molar-refractivity contribution in [2.45, 2.75) is 13.0 Å². The standard InChI is InChI=1S/C18H16FN3O3/c1-12(11-25-14-4-2-13(19)3-5-14)21-17-6-7-18(22(23)24)16-10-20-9-8-15(16)17/h2-10,12,21H,11H2,1H3. The van der Waals surface area contributed by atoms with Gasteiger partial charge in [-0.15, -0.1) is 0 Å². The van der Waals surface area contributed by atoms with Crippen LogP contribution in [0.5, 0.6) is 5.75 Å². The molecular weight excluding hydrogens is 325 g/mol. The van der Waals surface area contributed by atoms with Crippen LogP contribution in [0.15, 0.2) is 54.9 Å². The molecule has 0 saturated carbocycles. The van der Waals surface area contributed by atoms with Crippen LogP contribution in [0.25, 0.3) is 10.8 Å². The van der Waals surface area contributed by atoms with Crippen LogP contribution >= 0.6 is 0 Å². The van der Waals surface area contributed by atoms with Crippen molar-refractivity contribution in [3.63, 3.8) is 0 Å². The van der Waals surface area contributed by atoms with Gasteiger partial charge in [-0.3, -0.25) is 15.1 Å². The number of ether oxygens (including phenoxy) is 1. The molecule has 7 heteroatoms. The minimum Gasteiger partial charge on any atom is -0.491 e. The number of hydrogen-bond donors (Lipinski definition) is 1. The third-order valence-electron chi connectivity index (χ3n) is 3.71. The van der Waals surface area contributed by atoms with Gasteiger partial charge in [-0.05, 0) is 43.3 Å². The lowest BCUT2D eigenvalue weighted by Gasteiger charge is -2.17. The third-order valence-corrected chi connectivity index (χ3v) is 3.71. The van der Waals surface area contributed by atoms with Gasteiger partial charge in [-0.2, -0.15) is 0 Å². The highest BCUT2D eigenvalue weighted by atomic mass is 19.1. The molecule has 1 unspecified atom stereocenters. The number of pyridine rings is 1. The van der Waals surface area contributed by atoms with E-state index in [0.29, 0.717) is 17.7 Å². The first-order chi connectivity index (χ1) is 12.0. The maximum atomic E-state index is 12.9. The lowest BCUT2D eigenvalue weighted by atomic mass is 10.1. The fourth-order valence-electron chi connectivity index (χ4n) is 2.52. The largest absolute Gasteiger partial charge is 0.491 e. The van der Waals surface area contributed by atoms with Crippen molar-refractivity contribution in [2.75, 3.05) is 11.9 Å². The molecule has 0 aliphatic heterocycles. The molecule has 1 N–H and O–H groups in total. The van der Waals surface area contributed by atoms with Gasteiger partial charge in [0.05, 0.1) is 16.4 Å². The smallest absolute Gasteiger partial charge is 0.278 e. The van der Waals surface area contributed by atoms with E-state index in [1.54, 1.807) is 30.5 Å². The minimum absolute atomic E-state index is 0.0175. The van der Waals surface area contributed by atoms with Gasteiger partial charge in [0.1, 0.15) is 18.2 Å². The normalized spacial score (nSPS) is 11.9. The van der Waals surface area contributed by atoms with Gasteiger partial charge in [0.25, 0.3) is 5.69 Å². The second-order valence-electron chi connectivity index (χ2n) is 5.62. The van der Waals surface area contributed by atoms with Gasteiger partial charge in [0.15, 0.2) is 0 Å². The number of non-ortho nitro benzene ring substituents is 1. The quantitative estimate of drug-likeness (QED) is 0.538. The van der Waals surface area contributed by atoms with Gasteiger partial charge in [0, 0.05) is 29.5 Å². The van der Waals surface area contributed by atoms with Crippen molar-refractivity contribution in [3.05, 3.63) is 70.8 Å². The van der Waals surface area contributed by atoms with Crippen LogP contribution in [0, 0.1) is 15.9 Å². The second-order valence-corrected chi connectivity index (χ2v) is 5.62. The molecule has 6 nitrogen and oxygen atoms in total. The number of nitrogens with zero attached hydrogens (tertiary/aromatic N) is 2. The van der Waals surface area contributed by atoms with E-state index in [1.807, 2.05) is 6.92 Å². The molecular formula is C18H16FN3O3. The SMILES string of the molecule is CC(COc1ccc(F)cc1)Nc1ccc([N+](=O)[O-])c2cnccc12. The number of aromatic nitrogens is 1. The highest BCUT2D eigenvalue weighted by Crippen LogP contribution is 2.31. The van der Waals surface area contributed by atoms with Crippen molar-refractivity contribution < 1.29 is 14.1 Å². The summed E-state index contributed by atoms with van der Waals surface area (Å²) >= 11 is 0. The van der Waals surface area contributed by atoms with Gasteiger partial charge in [-0.25, -0.2) is 4.39 Å². The molecule has 0 fully saturated rings. The van der Waals surface area contributed by atoms with Gasteiger partial charge in [0.2, 0.25) is 0 Å². The summed E-state index contributed by atoms with van der Waals surface area (Å²) in [6.07, 6.45) is 3.08. The molecule has 25 heavy (non-hydrogen) atoms. The van der Waals surface area contributed by atoms with E-state index in [9.17, 15) is 14.5 Å². The Morgan fingerprint density at radius 2 is 1.96 bits per heavy atom. The summed E-state index contributed by atoms with van der Waals surface area (Å²) in [5.74, 6) is 0.261. The van der Waals surface area contributed by atoms with Gasteiger partial charge in [-0.1, -0.05) is 0 Å². The molecule has 0 bridgehead atoms. The van der Waals surface area contributed by atoms with Gasteiger partial charge < -0.3 is 10.1 Å². The molecule has 1 heterocycles. The van der Waals surface area contributed by atoms with Crippen molar-refractivity contribution in [1.29, 1.82) is 0 Å². The molecule has 0 saturated heterocycles. The van der Waals surface area contributed by atoms with Crippen LogP contribution in [-0.2, 0) is 0 Å². The second kappa shape index (κ2) is 7.12. The Labute approximate surface area is 143 Å². The predicted molar refractivity (Wildman–Crippen MR) is 93.4 cm³/mol. The van der Waals surface area contributed by atoms with E-state index in [1.165, 1.54) is 24.4 Å². The number of nitrogens with one attached hydrogen (secondary N) is 1. The first kappa shape index (κ1) is 16.6. The average molecular weight is 341 g/mol. The zero-order chi connectivity index (χ0) is 17.8. The summed E-state index contributed by atoms with van der Waals surface area (Å²) in [6, 6.07) is 10.6. The third kappa shape index (κ3) is 3.82. The monoisotopic (exact) mass is 341 g/mol. The molecule has 0 radical (unpaired) electrons. The van der Waals surface area contributed by atoms with E-state index in [0.717, 1.165) is 11.1 Å². The van der Waals surface area contributed by atoms with E-state index < -0.39 is 4.92 Å². The maximum Gasteiger partial charge on any atom is 0.278 e. The molecule has 3 aromatic rings. The molecule has 1 aromatic heterocycles. The Balaban J connectivity index is 1.75. The van der Waals surface area contributed by atoms with Crippen molar-refractivity contribution >= 4 is 22.1 Å². The van der Waals surface area contributed by atoms with Gasteiger partial charge >= 0.3 is 0 Å².